The molecule has 4 aromatic rings. The predicted molar refractivity (Wildman–Crippen MR) is 90.1 cm³/mol. The Labute approximate surface area is 176 Å². The van der Waals surface area contributed by atoms with Crippen molar-refractivity contribution in [2.75, 3.05) is 0 Å². The summed E-state index contributed by atoms with van der Waals surface area (Å²) in [4.78, 5) is 0. The van der Waals surface area contributed by atoms with Gasteiger partial charge in [0.15, 0.2) is 0 Å². The summed E-state index contributed by atoms with van der Waals surface area (Å²) in [7, 11) is 0. The third kappa shape index (κ3) is 10.5. The van der Waals surface area contributed by atoms with Crippen molar-refractivity contribution < 1.29 is 51.0 Å². The van der Waals surface area contributed by atoms with Gasteiger partial charge < -0.3 is 24.8 Å². The van der Waals surface area contributed by atoms with E-state index in [9.17, 15) is 0 Å². The molecule has 3 heteroatoms. The summed E-state index contributed by atoms with van der Waals surface area (Å²) in [6, 6.07) is 39.7. The Morgan fingerprint density at radius 1 is 0.583 bits per heavy atom. The minimum absolute atomic E-state index is 0. The van der Waals surface area contributed by atoms with Crippen LogP contribution < -0.4 is 24.8 Å². The molecule has 0 unspecified atom stereocenters. The number of hydrogen-bond donors (Lipinski definition) is 0. The van der Waals surface area contributed by atoms with Crippen molar-refractivity contribution in [1.82, 2.24) is 0 Å². The Morgan fingerprint density at radius 3 is 1.46 bits per heavy atom. The van der Waals surface area contributed by atoms with Crippen LogP contribution in [0.3, 0.4) is 0 Å². The van der Waals surface area contributed by atoms with Crippen molar-refractivity contribution >= 4 is 10.8 Å². The van der Waals surface area contributed by atoms with E-state index in [1.54, 1.807) is 0 Å². The molecule has 0 saturated heterocycles. The number of benzene rings is 3. The summed E-state index contributed by atoms with van der Waals surface area (Å²) in [6.45, 7) is 0. The molecule has 0 aliphatic rings. The standard InChI is InChI=1S/C9H7.2C6H5.2ClH.Zr/c1-2-5-9-7-3-6-8(9)4-1;2*1-2-4-6-5-3-1;;;/h1-7H;2*1-5H;2*1H;/q3*-1;;;+2/p-2. The summed E-state index contributed by atoms with van der Waals surface area (Å²) in [5.74, 6) is 0. The van der Waals surface area contributed by atoms with Gasteiger partial charge in [-0.2, -0.15) is 90.3 Å². The van der Waals surface area contributed by atoms with Gasteiger partial charge in [-0.1, -0.05) is 6.07 Å². The van der Waals surface area contributed by atoms with E-state index in [1.807, 2.05) is 60.7 Å². The Hall–Kier alpha value is -1.27. The summed E-state index contributed by atoms with van der Waals surface area (Å²) in [6.07, 6.45) is 0. The van der Waals surface area contributed by atoms with Crippen LogP contribution in [0, 0.1) is 12.1 Å². The van der Waals surface area contributed by atoms with E-state index in [-0.39, 0.29) is 51.0 Å². The van der Waals surface area contributed by atoms with Crippen molar-refractivity contribution in [3.63, 3.8) is 0 Å². The molecule has 122 valence electrons. The Balaban J connectivity index is 0. The molecule has 0 radical (unpaired) electrons. The van der Waals surface area contributed by atoms with E-state index in [0.29, 0.717) is 0 Å². The molecule has 24 heavy (non-hydrogen) atoms. The molecule has 0 spiro atoms. The monoisotopic (exact) mass is 429 g/mol. The van der Waals surface area contributed by atoms with Crippen LogP contribution >= 0.6 is 0 Å². The van der Waals surface area contributed by atoms with E-state index in [0.717, 1.165) is 0 Å². The quantitative estimate of drug-likeness (QED) is 0.331. The molecular weight excluding hydrogens is 414 g/mol. The number of hydrogen-bond acceptors (Lipinski definition) is 0. The molecule has 0 aliphatic heterocycles. The third-order valence-corrected chi connectivity index (χ3v) is 2.76. The molecular formula is C21H17Cl2Zr-3. The molecule has 0 aromatic heterocycles. The van der Waals surface area contributed by atoms with E-state index >= 15 is 0 Å². The van der Waals surface area contributed by atoms with E-state index < -0.39 is 0 Å². The first kappa shape index (κ1) is 25.0. The minimum atomic E-state index is 0. The summed E-state index contributed by atoms with van der Waals surface area (Å²) in [5.41, 5.74) is 0. The van der Waals surface area contributed by atoms with E-state index in [1.165, 1.54) is 10.8 Å². The average Bonchev–Trinajstić information content (AvgIpc) is 3.08. The van der Waals surface area contributed by atoms with Crippen LogP contribution in [0.2, 0.25) is 0 Å². The average molecular weight is 431 g/mol. The SMILES string of the molecule is [Cl-].[Cl-].[Zr+2].[c-]1ccccc1.[c-]1ccccc1.c1ccc2[cH-]ccc2c1. The smallest absolute Gasteiger partial charge is 1.00 e. The molecule has 0 N–H and O–H groups in total. The Kier molecular flexibility index (Phi) is 17.3. The predicted octanol–water partition coefficient (Wildman–Crippen LogP) is -0.462. The zero-order valence-electron chi connectivity index (χ0n) is 13.1. The normalized spacial score (nSPS) is 7.83. The Morgan fingerprint density at radius 2 is 1.08 bits per heavy atom. The van der Waals surface area contributed by atoms with Crippen molar-refractivity contribution in [2.45, 2.75) is 0 Å². The molecule has 0 heterocycles. The second-order valence-electron chi connectivity index (χ2n) is 4.31. The molecule has 0 amide bonds. The molecule has 0 bridgehead atoms. The second kappa shape index (κ2) is 16.6. The van der Waals surface area contributed by atoms with Gasteiger partial charge in [0.25, 0.3) is 0 Å². The van der Waals surface area contributed by atoms with Gasteiger partial charge in [-0.25, -0.2) is 0 Å². The molecule has 0 saturated carbocycles. The largest absolute Gasteiger partial charge is 2.00 e. The first-order valence-corrected chi connectivity index (χ1v) is 6.89. The molecule has 4 rings (SSSR count). The van der Waals surface area contributed by atoms with Gasteiger partial charge in [0.05, 0.1) is 0 Å². The maximum atomic E-state index is 2.89. The van der Waals surface area contributed by atoms with Crippen LogP contribution in [0.1, 0.15) is 0 Å². The third-order valence-electron chi connectivity index (χ3n) is 2.76. The Bertz CT molecular complexity index is 594. The van der Waals surface area contributed by atoms with E-state index in [4.69, 9.17) is 0 Å². The second-order valence-corrected chi connectivity index (χ2v) is 4.31. The maximum Gasteiger partial charge on any atom is 2.00 e. The molecule has 0 atom stereocenters. The molecule has 0 aliphatic carbocycles. The number of halogens is 2. The van der Waals surface area contributed by atoms with Gasteiger partial charge in [0, 0.05) is 0 Å². The zero-order valence-corrected chi connectivity index (χ0v) is 17.0. The van der Waals surface area contributed by atoms with Crippen LogP contribution in [0.5, 0.6) is 0 Å². The van der Waals surface area contributed by atoms with Crippen molar-refractivity contribution in [3.8, 4) is 0 Å². The fourth-order valence-corrected chi connectivity index (χ4v) is 1.75. The van der Waals surface area contributed by atoms with E-state index in [2.05, 4.69) is 54.6 Å². The number of fused-ring (bicyclic) bond motifs is 1. The topological polar surface area (TPSA) is 0 Å². The summed E-state index contributed by atoms with van der Waals surface area (Å²) in [5, 5.41) is 2.66. The maximum absolute atomic E-state index is 2.89. The molecule has 0 fully saturated rings. The van der Waals surface area contributed by atoms with Crippen molar-refractivity contribution in [2.24, 2.45) is 0 Å². The molecule has 0 nitrogen and oxygen atoms in total. The fraction of sp³-hybridized carbons (Fsp3) is 0. The van der Waals surface area contributed by atoms with Gasteiger partial charge in [-0.3, -0.25) is 0 Å². The first-order valence-electron chi connectivity index (χ1n) is 6.89. The summed E-state index contributed by atoms with van der Waals surface area (Å²) < 4.78 is 0. The van der Waals surface area contributed by atoms with Gasteiger partial charge in [-0.05, 0) is 0 Å². The van der Waals surface area contributed by atoms with Gasteiger partial charge in [-0.15, -0.1) is 29.7 Å². The van der Waals surface area contributed by atoms with Gasteiger partial charge in [0.2, 0.25) is 0 Å². The minimum Gasteiger partial charge on any atom is -1.00 e. The van der Waals surface area contributed by atoms with Gasteiger partial charge in [0.1, 0.15) is 0 Å². The summed E-state index contributed by atoms with van der Waals surface area (Å²) >= 11 is 0. The van der Waals surface area contributed by atoms with Crippen molar-refractivity contribution in [1.29, 1.82) is 0 Å². The van der Waals surface area contributed by atoms with Gasteiger partial charge >= 0.3 is 26.2 Å². The van der Waals surface area contributed by atoms with Crippen LogP contribution in [0.15, 0.2) is 103 Å². The van der Waals surface area contributed by atoms with Crippen LogP contribution in [0.25, 0.3) is 10.8 Å². The zero-order chi connectivity index (χ0) is 14.6. The van der Waals surface area contributed by atoms with Crippen LogP contribution in [0.4, 0.5) is 0 Å². The van der Waals surface area contributed by atoms with Crippen LogP contribution in [-0.4, -0.2) is 0 Å². The van der Waals surface area contributed by atoms with Crippen LogP contribution in [-0.2, 0) is 26.2 Å². The number of rotatable bonds is 0. The fourth-order valence-electron chi connectivity index (χ4n) is 1.75. The van der Waals surface area contributed by atoms with Crippen molar-refractivity contribution in [3.05, 3.63) is 115 Å². The first-order chi connectivity index (χ1) is 10.5. The molecule has 4 aromatic carbocycles.